The second kappa shape index (κ2) is 15.2. The monoisotopic (exact) mass is 649 g/mol. The molecular weight excluding hydrogens is 613 g/mol. The minimum atomic E-state index is -4.25. The first-order valence-corrected chi connectivity index (χ1v) is 16.5. The highest BCUT2D eigenvalue weighted by Crippen LogP contribution is 2.27. The number of anilines is 1. The molecule has 0 aliphatic carbocycles. The van der Waals surface area contributed by atoms with Crippen LogP contribution >= 0.6 is 11.6 Å². The van der Waals surface area contributed by atoms with Gasteiger partial charge >= 0.3 is 0 Å². The van der Waals surface area contributed by atoms with Gasteiger partial charge in [0.25, 0.3) is 10.0 Å². The van der Waals surface area contributed by atoms with E-state index in [0.717, 1.165) is 15.4 Å². The number of sulfonamides is 1. The molecule has 0 fully saturated rings. The van der Waals surface area contributed by atoms with Crippen LogP contribution in [0.2, 0.25) is 5.02 Å². The predicted octanol–water partition coefficient (Wildman–Crippen LogP) is 6.40. The van der Waals surface area contributed by atoms with E-state index in [1.165, 1.54) is 53.4 Å². The number of aryl methyl sites for hydroxylation is 1. The molecule has 4 aromatic carbocycles. The maximum atomic E-state index is 15.0. The lowest BCUT2D eigenvalue weighted by Gasteiger charge is -2.34. The van der Waals surface area contributed by atoms with Gasteiger partial charge < -0.3 is 10.2 Å². The van der Waals surface area contributed by atoms with Gasteiger partial charge in [0.2, 0.25) is 11.8 Å². The fourth-order valence-corrected chi connectivity index (χ4v) is 6.30. The van der Waals surface area contributed by atoms with Crippen molar-refractivity contribution < 1.29 is 22.4 Å². The van der Waals surface area contributed by atoms with Crippen LogP contribution in [0.25, 0.3) is 0 Å². The number of hydrogen-bond donors (Lipinski definition) is 1. The number of carbonyl (C=O) groups is 2. The third-order valence-corrected chi connectivity index (χ3v) is 9.30. The van der Waals surface area contributed by atoms with Crippen molar-refractivity contribution >= 4 is 39.1 Å². The van der Waals surface area contributed by atoms with Crippen molar-refractivity contribution in [3.05, 3.63) is 131 Å². The summed E-state index contributed by atoms with van der Waals surface area (Å²) in [5.74, 6) is -1.50. The first-order valence-electron chi connectivity index (χ1n) is 14.6. The molecule has 0 radical (unpaired) electrons. The highest BCUT2D eigenvalue weighted by atomic mass is 35.5. The molecule has 0 saturated heterocycles. The lowest BCUT2D eigenvalue weighted by Crippen LogP contribution is -2.53. The van der Waals surface area contributed by atoms with Crippen LogP contribution in [0.1, 0.15) is 30.5 Å². The summed E-state index contributed by atoms with van der Waals surface area (Å²) in [6.45, 7) is 5.22. The zero-order chi connectivity index (χ0) is 32.6. The quantitative estimate of drug-likeness (QED) is 0.182. The van der Waals surface area contributed by atoms with Crippen molar-refractivity contribution in [1.29, 1.82) is 0 Å². The largest absolute Gasteiger partial charge is 0.354 e. The number of benzene rings is 4. The maximum absolute atomic E-state index is 15.0. The summed E-state index contributed by atoms with van der Waals surface area (Å²) in [5, 5.41) is 3.31. The molecule has 0 aromatic heterocycles. The number of rotatable bonds is 13. The van der Waals surface area contributed by atoms with Crippen LogP contribution in [-0.4, -0.2) is 44.3 Å². The fraction of sp³-hybridized carbons (Fsp3) is 0.257. The lowest BCUT2D eigenvalue weighted by molar-refractivity contribution is -0.140. The molecule has 45 heavy (non-hydrogen) atoms. The summed E-state index contributed by atoms with van der Waals surface area (Å²) in [4.78, 5) is 29.4. The van der Waals surface area contributed by atoms with Crippen LogP contribution < -0.4 is 9.62 Å². The molecule has 10 heteroatoms. The highest BCUT2D eigenvalue weighted by molar-refractivity contribution is 7.92. The lowest BCUT2D eigenvalue weighted by atomic mass is 10.0. The first-order chi connectivity index (χ1) is 21.5. The smallest absolute Gasteiger partial charge is 0.264 e. The molecule has 1 N–H and O–H groups in total. The van der Waals surface area contributed by atoms with E-state index in [2.05, 4.69) is 5.32 Å². The second-order valence-electron chi connectivity index (χ2n) is 11.3. The Kier molecular flexibility index (Phi) is 11.4. The van der Waals surface area contributed by atoms with Crippen LogP contribution in [0, 0.1) is 18.7 Å². The number of nitrogens with one attached hydrogen (secondary N) is 1. The van der Waals surface area contributed by atoms with Gasteiger partial charge in [-0.15, -0.1) is 0 Å². The zero-order valence-corrected chi connectivity index (χ0v) is 27.1. The van der Waals surface area contributed by atoms with E-state index in [4.69, 9.17) is 11.6 Å². The molecule has 2 amide bonds. The van der Waals surface area contributed by atoms with Crippen LogP contribution in [0.3, 0.4) is 0 Å². The predicted molar refractivity (Wildman–Crippen MR) is 176 cm³/mol. The van der Waals surface area contributed by atoms with E-state index in [0.29, 0.717) is 11.6 Å². The van der Waals surface area contributed by atoms with Gasteiger partial charge in [0.15, 0.2) is 0 Å². The summed E-state index contributed by atoms with van der Waals surface area (Å²) in [5.41, 5.74) is 2.06. The minimum absolute atomic E-state index is 0.00739. The molecule has 4 rings (SSSR count). The summed E-state index contributed by atoms with van der Waals surface area (Å²) in [6.07, 6.45) is 0.136. The van der Waals surface area contributed by atoms with Crippen molar-refractivity contribution in [2.24, 2.45) is 5.92 Å². The van der Waals surface area contributed by atoms with Crippen LogP contribution in [-0.2, 0) is 32.6 Å². The van der Waals surface area contributed by atoms with E-state index in [1.807, 2.05) is 51.1 Å². The van der Waals surface area contributed by atoms with E-state index in [9.17, 15) is 18.0 Å². The van der Waals surface area contributed by atoms with Crippen molar-refractivity contribution in [2.75, 3.05) is 17.4 Å². The highest BCUT2D eigenvalue weighted by Gasteiger charge is 2.35. The molecule has 4 aromatic rings. The van der Waals surface area contributed by atoms with E-state index >= 15 is 4.39 Å². The van der Waals surface area contributed by atoms with Gasteiger partial charge in [-0.05, 0) is 60.9 Å². The molecule has 7 nitrogen and oxygen atoms in total. The summed E-state index contributed by atoms with van der Waals surface area (Å²) >= 11 is 6.11. The average molecular weight is 650 g/mol. The Morgan fingerprint density at radius 3 is 2.11 bits per heavy atom. The molecule has 0 bridgehead atoms. The number of hydrogen-bond acceptors (Lipinski definition) is 4. The van der Waals surface area contributed by atoms with Gasteiger partial charge in [-0.2, -0.15) is 0 Å². The SMILES string of the molecule is Cc1ccc(S(=O)(=O)N(CC(=O)N(Cc2ccccc2F)[C@H](Cc2ccccc2)C(=O)NCC(C)C)c2ccc(Cl)cc2)cc1. The normalized spacial score (nSPS) is 12.0. The minimum Gasteiger partial charge on any atom is -0.354 e. The number of carbonyl (C=O) groups excluding carboxylic acids is 2. The molecule has 0 aliphatic heterocycles. The Morgan fingerprint density at radius 2 is 1.49 bits per heavy atom. The molecule has 0 unspecified atom stereocenters. The Bertz CT molecular complexity index is 1700. The maximum Gasteiger partial charge on any atom is 0.264 e. The summed E-state index contributed by atoms with van der Waals surface area (Å²) in [6, 6.07) is 26.6. The Balaban J connectivity index is 1.80. The van der Waals surface area contributed by atoms with E-state index < -0.39 is 40.2 Å². The molecule has 0 saturated carbocycles. The second-order valence-corrected chi connectivity index (χ2v) is 13.6. The summed E-state index contributed by atoms with van der Waals surface area (Å²) in [7, 11) is -4.25. The van der Waals surface area contributed by atoms with E-state index in [1.54, 1.807) is 24.3 Å². The summed E-state index contributed by atoms with van der Waals surface area (Å²) < 4.78 is 44.1. The molecule has 0 heterocycles. The van der Waals surface area contributed by atoms with Crippen molar-refractivity contribution in [3.8, 4) is 0 Å². The standard InChI is InChI=1S/C35H37ClFN3O4S/c1-25(2)22-38-35(42)33(21-27-9-5-4-6-10-27)39(23-28-11-7-8-12-32(28)37)34(41)24-40(30-17-15-29(36)16-18-30)45(43,44)31-19-13-26(3)14-20-31/h4-20,25,33H,21-24H2,1-3H3,(H,38,42)/t33-/m1/s1. The zero-order valence-electron chi connectivity index (χ0n) is 25.5. The van der Waals surface area contributed by atoms with Crippen molar-refractivity contribution in [1.82, 2.24) is 10.2 Å². The van der Waals surface area contributed by atoms with Crippen LogP contribution in [0.4, 0.5) is 10.1 Å². The van der Waals surface area contributed by atoms with Crippen molar-refractivity contribution in [2.45, 2.75) is 44.7 Å². The van der Waals surface area contributed by atoms with Crippen LogP contribution in [0.15, 0.2) is 108 Å². The fourth-order valence-electron chi connectivity index (χ4n) is 4.76. The third-order valence-electron chi connectivity index (χ3n) is 7.26. The van der Waals surface area contributed by atoms with Gasteiger partial charge in [-0.25, -0.2) is 12.8 Å². The Hall–Kier alpha value is -4.21. The van der Waals surface area contributed by atoms with Gasteiger partial charge in [-0.3, -0.25) is 13.9 Å². The number of halogens is 2. The first kappa shape index (κ1) is 33.7. The number of amides is 2. The van der Waals surface area contributed by atoms with Gasteiger partial charge in [0.05, 0.1) is 10.6 Å². The number of nitrogens with zero attached hydrogens (tertiary/aromatic N) is 2. The van der Waals surface area contributed by atoms with Gasteiger partial charge in [-0.1, -0.05) is 91.7 Å². The van der Waals surface area contributed by atoms with Gasteiger partial charge in [0, 0.05) is 30.1 Å². The third kappa shape index (κ3) is 8.93. The molecule has 236 valence electrons. The van der Waals surface area contributed by atoms with Crippen LogP contribution in [0.5, 0.6) is 0 Å². The topological polar surface area (TPSA) is 86.8 Å². The Labute approximate surface area is 269 Å². The van der Waals surface area contributed by atoms with Crippen molar-refractivity contribution in [3.63, 3.8) is 0 Å². The average Bonchev–Trinajstić information content (AvgIpc) is 3.02. The molecular formula is C35H37ClFN3O4S. The molecule has 0 spiro atoms. The van der Waals surface area contributed by atoms with E-state index in [-0.39, 0.29) is 35.0 Å². The molecule has 0 aliphatic rings. The van der Waals surface area contributed by atoms with Gasteiger partial charge in [0.1, 0.15) is 18.4 Å². The Morgan fingerprint density at radius 1 is 0.867 bits per heavy atom. The molecule has 1 atom stereocenters.